The molecule has 1 fully saturated rings. The Morgan fingerprint density at radius 3 is 2.71 bits per heavy atom. The number of carbonyl (C=O) groups excluding carboxylic acids is 1. The van der Waals surface area contributed by atoms with Gasteiger partial charge in [0.25, 0.3) is 5.91 Å². The van der Waals surface area contributed by atoms with Crippen molar-refractivity contribution in [2.75, 3.05) is 17.0 Å². The number of carboxylic acids is 1. The van der Waals surface area contributed by atoms with Crippen molar-refractivity contribution in [2.24, 2.45) is 0 Å². The fourth-order valence-electron chi connectivity index (χ4n) is 2.92. The molecule has 1 unspecified atom stereocenters. The predicted molar refractivity (Wildman–Crippen MR) is 90.5 cm³/mol. The normalized spacial score (nSPS) is 17.7. The number of hydrogen-bond donors (Lipinski definition) is 2. The van der Waals surface area contributed by atoms with Crippen LogP contribution in [0.2, 0.25) is 0 Å². The van der Waals surface area contributed by atoms with Crippen LogP contribution in [0.1, 0.15) is 43.0 Å². The summed E-state index contributed by atoms with van der Waals surface area (Å²) in [5.41, 5.74) is 0.478. The Morgan fingerprint density at radius 2 is 2.04 bits per heavy atom. The molecule has 0 saturated carbocycles. The molecule has 0 aliphatic carbocycles. The average molecular weight is 354 g/mol. The van der Waals surface area contributed by atoms with Gasteiger partial charge >= 0.3 is 5.97 Å². The number of anilines is 1. The van der Waals surface area contributed by atoms with Crippen molar-refractivity contribution in [3.63, 3.8) is 0 Å². The fourth-order valence-corrected chi connectivity index (χ4v) is 4.07. The van der Waals surface area contributed by atoms with Crippen LogP contribution in [-0.2, 0) is 14.8 Å². The van der Waals surface area contributed by atoms with Crippen molar-refractivity contribution >= 4 is 27.6 Å². The summed E-state index contributed by atoms with van der Waals surface area (Å²) in [6.07, 6.45) is 1.75. The molecule has 24 heavy (non-hydrogen) atoms. The molecule has 1 aliphatic heterocycles. The number of hydrogen-bond acceptors (Lipinski definition) is 4. The number of nitrogens with one attached hydrogen (secondary N) is 1. The number of aliphatic carboxylic acids is 1. The van der Waals surface area contributed by atoms with E-state index in [2.05, 4.69) is 4.72 Å². The molecule has 1 saturated heterocycles. The molecule has 8 heteroatoms. The third-order valence-corrected chi connectivity index (χ3v) is 5.42. The molecule has 0 radical (unpaired) electrons. The van der Waals surface area contributed by atoms with Crippen molar-refractivity contribution in [1.82, 2.24) is 4.90 Å². The molecule has 2 N–H and O–H groups in total. The van der Waals surface area contributed by atoms with E-state index in [4.69, 9.17) is 5.11 Å². The smallest absolute Gasteiger partial charge is 0.305 e. The van der Waals surface area contributed by atoms with Gasteiger partial charge in [-0.3, -0.25) is 14.3 Å². The summed E-state index contributed by atoms with van der Waals surface area (Å²) in [7, 11) is -3.51. The number of carbonyl (C=O) groups is 2. The minimum absolute atomic E-state index is 0.0269. The van der Waals surface area contributed by atoms with Gasteiger partial charge in [-0.05, 0) is 31.4 Å². The van der Waals surface area contributed by atoms with Crippen LogP contribution in [0.5, 0.6) is 0 Å². The van der Waals surface area contributed by atoms with Crippen LogP contribution in [0, 0.1) is 0 Å². The Hall–Kier alpha value is -2.09. The van der Waals surface area contributed by atoms with Crippen LogP contribution in [0.15, 0.2) is 24.3 Å². The highest BCUT2D eigenvalue weighted by Gasteiger charge is 2.32. The van der Waals surface area contributed by atoms with E-state index in [1.165, 1.54) is 4.90 Å². The highest BCUT2D eigenvalue weighted by Crippen LogP contribution is 2.26. The standard InChI is InChI=1S/C16H22N2O5S/c1-2-10-24(22,23)17-14-8-4-3-7-13(14)16(21)18-9-5-6-12(18)11-15(19)20/h3-4,7-8,12,17H,2,5-6,9-11H2,1H3,(H,19,20). The lowest BCUT2D eigenvalue weighted by molar-refractivity contribution is -0.137. The Morgan fingerprint density at radius 1 is 1.33 bits per heavy atom. The zero-order valence-corrected chi connectivity index (χ0v) is 14.4. The maximum absolute atomic E-state index is 12.8. The molecule has 7 nitrogen and oxygen atoms in total. The predicted octanol–water partition coefficient (Wildman–Crippen LogP) is 1.92. The van der Waals surface area contributed by atoms with Gasteiger partial charge < -0.3 is 10.0 Å². The molecule has 1 amide bonds. The largest absolute Gasteiger partial charge is 0.481 e. The average Bonchev–Trinajstić information content (AvgIpc) is 2.94. The van der Waals surface area contributed by atoms with Gasteiger partial charge in [-0.1, -0.05) is 19.1 Å². The summed E-state index contributed by atoms with van der Waals surface area (Å²) < 4.78 is 26.4. The van der Waals surface area contributed by atoms with Crippen LogP contribution in [0.25, 0.3) is 0 Å². The molecule has 0 aromatic heterocycles. The summed E-state index contributed by atoms with van der Waals surface area (Å²) in [4.78, 5) is 25.3. The number of likely N-dealkylation sites (tertiary alicyclic amines) is 1. The highest BCUT2D eigenvalue weighted by molar-refractivity contribution is 7.92. The summed E-state index contributed by atoms with van der Waals surface area (Å²) in [6.45, 7) is 2.24. The summed E-state index contributed by atoms with van der Waals surface area (Å²) in [5, 5.41) is 8.98. The van der Waals surface area contributed by atoms with Crippen molar-refractivity contribution in [2.45, 2.75) is 38.6 Å². The first-order valence-electron chi connectivity index (χ1n) is 7.96. The molecule has 0 spiro atoms. The van der Waals surface area contributed by atoms with E-state index in [9.17, 15) is 18.0 Å². The van der Waals surface area contributed by atoms with Crippen LogP contribution >= 0.6 is 0 Å². The van der Waals surface area contributed by atoms with E-state index in [0.717, 1.165) is 6.42 Å². The van der Waals surface area contributed by atoms with Crippen LogP contribution in [0.4, 0.5) is 5.69 Å². The number of carboxylic acid groups (broad SMARTS) is 1. The number of para-hydroxylation sites is 1. The number of nitrogens with zero attached hydrogens (tertiary/aromatic N) is 1. The second kappa shape index (κ2) is 7.65. The van der Waals surface area contributed by atoms with E-state index >= 15 is 0 Å². The monoisotopic (exact) mass is 354 g/mol. The second-order valence-electron chi connectivity index (χ2n) is 5.86. The van der Waals surface area contributed by atoms with Gasteiger partial charge in [0.2, 0.25) is 10.0 Å². The summed E-state index contributed by atoms with van der Waals surface area (Å²) in [5.74, 6) is -1.31. The number of amides is 1. The molecule has 1 aromatic carbocycles. The first-order valence-corrected chi connectivity index (χ1v) is 9.61. The van der Waals surface area contributed by atoms with Gasteiger partial charge in [-0.25, -0.2) is 8.42 Å². The Labute approximate surface area is 141 Å². The molecular weight excluding hydrogens is 332 g/mol. The highest BCUT2D eigenvalue weighted by atomic mass is 32.2. The number of benzene rings is 1. The minimum Gasteiger partial charge on any atom is -0.481 e. The fraction of sp³-hybridized carbons (Fsp3) is 0.500. The first-order chi connectivity index (χ1) is 11.3. The van der Waals surface area contributed by atoms with Gasteiger partial charge in [0.05, 0.1) is 23.4 Å². The molecule has 0 bridgehead atoms. The first kappa shape index (κ1) is 18.3. The Bertz CT molecular complexity index is 717. The van der Waals surface area contributed by atoms with Gasteiger partial charge in [0, 0.05) is 12.6 Å². The van der Waals surface area contributed by atoms with Gasteiger partial charge in [-0.2, -0.15) is 0 Å². The quantitative estimate of drug-likeness (QED) is 0.778. The van der Waals surface area contributed by atoms with E-state index in [1.54, 1.807) is 31.2 Å². The van der Waals surface area contributed by atoms with E-state index in [-0.39, 0.29) is 35.4 Å². The molecule has 2 rings (SSSR count). The van der Waals surface area contributed by atoms with Crippen molar-refractivity contribution in [3.05, 3.63) is 29.8 Å². The maximum Gasteiger partial charge on any atom is 0.305 e. The Balaban J connectivity index is 2.25. The summed E-state index contributed by atoms with van der Waals surface area (Å²) in [6, 6.07) is 6.06. The number of rotatable bonds is 7. The molecular formula is C16H22N2O5S. The van der Waals surface area contributed by atoms with Crippen molar-refractivity contribution in [1.29, 1.82) is 0 Å². The summed E-state index contributed by atoms with van der Waals surface area (Å²) >= 11 is 0. The van der Waals surface area contributed by atoms with Crippen LogP contribution in [0.3, 0.4) is 0 Å². The molecule has 1 aliphatic rings. The number of sulfonamides is 1. The third kappa shape index (κ3) is 4.47. The van der Waals surface area contributed by atoms with Crippen LogP contribution < -0.4 is 4.72 Å². The second-order valence-corrected chi connectivity index (χ2v) is 7.70. The van der Waals surface area contributed by atoms with E-state index in [1.807, 2.05) is 0 Å². The maximum atomic E-state index is 12.8. The molecule has 1 heterocycles. The lowest BCUT2D eigenvalue weighted by Crippen LogP contribution is -2.37. The minimum atomic E-state index is -3.51. The topological polar surface area (TPSA) is 104 Å². The van der Waals surface area contributed by atoms with Crippen molar-refractivity contribution in [3.8, 4) is 0 Å². The van der Waals surface area contributed by atoms with Gasteiger partial charge in [-0.15, -0.1) is 0 Å². The lowest BCUT2D eigenvalue weighted by atomic mass is 10.1. The van der Waals surface area contributed by atoms with E-state index in [0.29, 0.717) is 19.4 Å². The lowest BCUT2D eigenvalue weighted by Gasteiger charge is -2.24. The van der Waals surface area contributed by atoms with Gasteiger partial charge in [0.1, 0.15) is 0 Å². The van der Waals surface area contributed by atoms with Gasteiger partial charge in [0.15, 0.2) is 0 Å². The molecule has 1 aromatic rings. The molecule has 132 valence electrons. The zero-order chi connectivity index (χ0) is 17.7. The Kier molecular flexibility index (Phi) is 5.82. The zero-order valence-electron chi connectivity index (χ0n) is 13.6. The third-order valence-electron chi connectivity index (χ3n) is 3.94. The SMILES string of the molecule is CCCS(=O)(=O)Nc1ccccc1C(=O)N1CCCC1CC(=O)O. The van der Waals surface area contributed by atoms with Crippen molar-refractivity contribution < 1.29 is 23.1 Å². The molecule has 1 atom stereocenters. The van der Waals surface area contributed by atoms with Crippen LogP contribution in [-0.4, -0.2) is 48.6 Å². The van der Waals surface area contributed by atoms with E-state index < -0.39 is 16.0 Å².